The number of hydrogen-bond donors (Lipinski definition) is 1. The van der Waals surface area contributed by atoms with Crippen molar-refractivity contribution in [1.82, 2.24) is 19.9 Å². The summed E-state index contributed by atoms with van der Waals surface area (Å²) in [5.41, 5.74) is 2.02. The molecule has 5 nitrogen and oxygen atoms in total. The Balaban J connectivity index is 1.49. The molecule has 0 amide bonds. The molecule has 1 N–H and O–H groups in total. The number of likely N-dealkylation sites (tertiary alicyclic amines) is 1. The first-order valence-corrected chi connectivity index (χ1v) is 8.44. The van der Waals surface area contributed by atoms with Gasteiger partial charge in [0.25, 0.3) is 0 Å². The lowest BCUT2D eigenvalue weighted by atomic mass is 10.1. The second-order valence-electron chi connectivity index (χ2n) is 6.47. The molecule has 0 radical (unpaired) electrons. The molecule has 2 fully saturated rings. The molecular weight excluding hydrogens is 274 g/mol. The quantitative estimate of drug-likeness (QED) is 0.940. The molecule has 4 rings (SSSR count). The van der Waals surface area contributed by atoms with Gasteiger partial charge in [-0.1, -0.05) is 6.92 Å². The number of anilines is 1. The number of nitrogens with one attached hydrogen (secondary N) is 1. The van der Waals surface area contributed by atoms with Crippen LogP contribution in [0.25, 0.3) is 11.0 Å². The van der Waals surface area contributed by atoms with Crippen LogP contribution in [0.3, 0.4) is 0 Å². The zero-order valence-electron chi connectivity index (χ0n) is 13.1. The van der Waals surface area contributed by atoms with Crippen LogP contribution >= 0.6 is 0 Å². The average Bonchev–Trinajstić information content (AvgIpc) is 3.40. The molecule has 0 unspecified atom stereocenters. The third kappa shape index (κ3) is 2.90. The predicted molar refractivity (Wildman–Crippen MR) is 88.1 cm³/mol. The highest BCUT2D eigenvalue weighted by atomic mass is 15.2. The summed E-state index contributed by atoms with van der Waals surface area (Å²) in [7, 11) is 0. The van der Waals surface area contributed by atoms with Crippen molar-refractivity contribution in [2.45, 2.75) is 44.6 Å². The van der Waals surface area contributed by atoms with E-state index in [2.05, 4.69) is 39.2 Å². The summed E-state index contributed by atoms with van der Waals surface area (Å²) in [6, 6.07) is 4.70. The van der Waals surface area contributed by atoms with Crippen LogP contribution in [-0.4, -0.2) is 45.5 Å². The molecule has 2 aromatic rings. The first kappa shape index (κ1) is 13.9. The number of nitrogens with zero attached hydrogens (tertiary/aromatic N) is 4. The summed E-state index contributed by atoms with van der Waals surface area (Å²) >= 11 is 0. The van der Waals surface area contributed by atoms with E-state index in [9.17, 15) is 0 Å². The van der Waals surface area contributed by atoms with Crippen molar-refractivity contribution < 1.29 is 0 Å². The van der Waals surface area contributed by atoms with Crippen LogP contribution in [0.15, 0.2) is 18.3 Å². The zero-order valence-corrected chi connectivity index (χ0v) is 13.1. The second kappa shape index (κ2) is 5.80. The summed E-state index contributed by atoms with van der Waals surface area (Å²) in [5, 5.41) is 4.52. The molecule has 1 saturated heterocycles. The molecule has 1 aliphatic heterocycles. The van der Waals surface area contributed by atoms with Gasteiger partial charge in [-0.15, -0.1) is 0 Å². The number of pyridine rings is 1. The number of fused-ring (bicyclic) bond motifs is 1. The molecule has 2 aliphatic rings. The lowest BCUT2D eigenvalue weighted by Crippen LogP contribution is -2.39. The van der Waals surface area contributed by atoms with Crippen molar-refractivity contribution in [1.29, 1.82) is 0 Å². The van der Waals surface area contributed by atoms with E-state index in [0.29, 0.717) is 12.0 Å². The Bertz CT molecular complexity index is 659. The molecule has 2 aromatic heterocycles. The topological polar surface area (TPSA) is 53.9 Å². The third-order valence-corrected chi connectivity index (χ3v) is 4.83. The Kier molecular flexibility index (Phi) is 3.66. The molecule has 0 aromatic carbocycles. The molecule has 0 spiro atoms. The monoisotopic (exact) mass is 297 g/mol. The highest BCUT2D eigenvalue weighted by Crippen LogP contribution is 2.39. The lowest BCUT2D eigenvalue weighted by molar-refractivity contribution is 0.229. The van der Waals surface area contributed by atoms with Gasteiger partial charge in [-0.2, -0.15) is 4.98 Å². The van der Waals surface area contributed by atoms with Gasteiger partial charge in [-0.05, 0) is 44.4 Å². The highest BCUT2D eigenvalue weighted by Gasteiger charge is 2.25. The van der Waals surface area contributed by atoms with Gasteiger partial charge in [0.2, 0.25) is 5.95 Å². The Hall–Kier alpha value is -1.75. The van der Waals surface area contributed by atoms with Crippen LogP contribution in [0.2, 0.25) is 0 Å². The lowest BCUT2D eigenvalue weighted by Gasteiger charge is -2.31. The maximum atomic E-state index is 4.72. The summed E-state index contributed by atoms with van der Waals surface area (Å²) in [5.74, 6) is 1.39. The van der Waals surface area contributed by atoms with Crippen molar-refractivity contribution >= 4 is 17.0 Å². The molecule has 0 atom stereocenters. The Morgan fingerprint density at radius 1 is 1.14 bits per heavy atom. The van der Waals surface area contributed by atoms with E-state index in [-0.39, 0.29) is 0 Å². The van der Waals surface area contributed by atoms with Crippen LogP contribution < -0.4 is 5.32 Å². The van der Waals surface area contributed by atoms with E-state index in [1.807, 2.05) is 6.20 Å². The minimum absolute atomic E-state index is 0.479. The molecular formula is C17H23N5. The molecule has 5 heteroatoms. The van der Waals surface area contributed by atoms with Gasteiger partial charge in [0.1, 0.15) is 0 Å². The summed E-state index contributed by atoms with van der Waals surface area (Å²) < 4.78 is 0. The van der Waals surface area contributed by atoms with Gasteiger partial charge in [-0.3, -0.25) is 0 Å². The summed E-state index contributed by atoms with van der Waals surface area (Å²) in [6.07, 6.45) is 6.74. The maximum Gasteiger partial charge on any atom is 0.224 e. The van der Waals surface area contributed by atoms with E-state index in [4.69, 9.17) is 4.98 Å². The van der Waals surface area contributed by atoms with Crippen LogP contribution in [-0.2, 0) is 0 Å². The van der Waals surface area contributed by atoms with Gasteiger partial charge in [-0.25, -0.2) is 9.97 Å². The van der Waals surface area contributed by atoms with Crippen LogP contribution in [0.1, 0.15) is 44.2 Å². The average molecular weight is 297 g/mol. The Labute approximate surface area is 131 Å². The fraction of sp³-hybridized carbons (Fsp3) is 0.588. The molecule has 116 valence electrons. The van der Waals surface area contributed by atoms with Crippen LogP contribution in [0.5, 0.6) is 0 Å². The number of aromatic nitrogens is 3. The normalized spacial score (nSPS) is 20.4. The molecule has 3 heterocycles. The van der Waals surface area contributed by atoms with Crippen molar-refractivity contribution in [3.63, 3.8) is 0 Å². The van der Waals surface area contributed by atoms with E-state index in [1.165, 1.54) is 18.5 Å². The van der Waals surface area contributed by atoms with Crippen molar-refractivity contribution in [2.75, 3.05) is 25.0 Å². The fourth-order valence-electron chi connectivity index (χ4n) is 3.18. The molecule has 1 aliphatic carbocycles. The Morgan fingerprint density at radius 3 is 2.68 bits per heavy atom. The van der Waals surface area contributed by atoms with Crippen molar-refractivity contribution in [3.8, 4) is 0 Å². The number of hydrogen-bond acceptors (Lipinski definition) is 5. The fourth-order valence-corrected chi connectivity index (χ4v) is 3.18. The zero-order chi connectivity index (χ0) is 14.9. The van der Waals surface area contributed by atoms with Crippen molar-refractivity contribution in [2.24, 2.45) is 0 Å². The first-order valence-electron chi connectivity index (χ1n) is 8.44. The van der Waals surface area contributed by atoms with E-state index >= 15 is 0 Å². The third-order valence-electron chi connectivity index (χ3n) is 4.83. The SMILES string of the molecule is CCN1CCC(Nc2ncc3ccc(C4CC4)nc3n2)CC1. The largest absolute Gasteiger partial charge is 0.351 e. The minimum Gasteiger partial charge on any atom is -0.351 e. The van der Waals surface area contributed by atoms with Gasteiger partial charge in [0.15, 0.2) is 5.65 Å². The Morgan fingerprint density at radius 2 is 1.95 bits per heavy atom. The summed E-state index contributed by atoms with van der Waals surface area (Å²) in [4.78, 5) is 16.3. The van der Waals surface area contributed by atoms with Gasteiger partial charge in [0.05, 0.1) is 0 Å². The van der Waals surface area contributed by atoms with Gasteiger partial charge >= 0.3 is 0 Å². The van der Waals surface area contributed by atoms with Gasteiger partial charge < -0.3 is 10.2 Å². The highest BCUT2D eigenvalue weighted by molar-refractivity contribution is 5.74. The predicted octanol–water partition coefficient (Wildman–Crippen LogP) is 2.80. The number of rotatable bonds is 4. The maximum absolute atomic E-state index is 4.72. The standard InChI is InChI=1S/C17H23N5/c1-2-22-9-7-14(8-10-22)19-17-18-11-13-5-6-15(12-3-4-12)20-16(13)21-17/h5-6,11-12,14H,2-4,7-10H2,1H3,(H,18,19,20,21). The minimum atomic E-state index is 0.479. The van der Waals surface area contributed by atoms with Crippen LogP contribution in [0, 0.1) is 0 Å². The van der Waals surface area contributed by atoms with Gasteiger partial charge in [0, 0.05) is 42.3 Å². The smallest absolute Gasteiger partial charge is 0.224 e. The summed E-state index contributed by atoms with van der Waals surface area (Å²) in [6.45, 7) is 5.69. The first-order chi connectivity index (χ1) is 10.8. The molecule has 0 bridgehead atoms. The van der Waals surface area contributed by atoms with Crippen LogP contribution in [0.4, 0.5) is 5.95 Å². The molecule has 1 saturated carbocycles. The van der Waals surface area contributed by atoms with E-state index in [1.54, 1.807) is 0 Å². The van der Waals surface area contributed by atoms with Crippen molar-refractivity contribution in [3.05, 3.63) is 24.0 Å². The second-order valence-corrected chi connectivity index (χ2v) is 6.47. The van der Waals surface area contributed by atoms with E-state index < -0.39 is 0 Å². The number of piperidine rings is 1. The molecule has 22 heavy (non-hydrogen) atoms. The van der Waals surface area contributed by atoms with E-state index in [0.717, 1.165) is 49.5 Å².